The third kappa shape index (κ3) is 4.16. The van der Waals surface area contributed by atoms with Crippen LogP contribution in [0.2, 0.25) is 0 Å². The second-order valence-corrected chi connectivity index (χ2v) is 6.88. The first-order valence-electron chi connectivity index (χ1n) is 9.35. The lowest BCUT2D eigenvalue weighted by Crippen LogP contribution is -2.41. The number of urea groups is 1. The number of hydrogen-bond donors (Lipinski definition) is 1. The lowest BCUT2D eigenvalue weighted by Gasteiger charge is -2.31. The summed E-state index contributed by atoms with van der Waals surface area (Å²) in [5.41, 5.74) is 1.91. The van der Waals surface area contributed by atoms with Gasteiger partial charge in [-0.2, -0.15) is 0 Å². The minimum Gasteiger partial charge on any atom is -0.325 e. The molecule has 0 aliphatic carbocycles. The standard InChI is InChI=1S/C21H23N5O/c27-21(23-18-7-3-1-4-8-18)25-13-11-17(12-14-25)15-20-24-22-16-26(20)19-9-5-2-6-10-19/h1-10,16-17H,11-15H2,(H,23,27). The quantitative estimate of drug-likeness (QED) is 0.770. The van der Waals surface area contributed by atoms with E-state index in [1.165, 1.54) is 0 Å². The molecule has 0 atom stereocenters. The van der Waals surface area contributed by atoms with E-state index in [1.54, 1.807) is 6.33 Å². The fraction of sp³-hybridized carbons (Fsp3) is 0.286. The van der Waals surface area contributed by atoms with E-state index < -0.39 is 0 Å². The molecule has 6 heteroatoms. The molecule has 0 unspecified atom stereocenters. The van der Waals surface area contributed by atoms with Crippen LogP contribution in [0.3, 0.4) is 0 Å². The van der Waals surface area contributed by atoms with Gasteiger partial charge in [-0.15, -0.1) is 10.2 Å². The van der Waals surface area contributed by atoms with Gasteiger partial charge in [0.05, 0.1) is 0 Å². The summed E-state index contributed by atoms with van der Waals surface area (Å²) in [6.07, 6.45) is 4.60. The molecular weight excluding hydrogens is 338 g/mol. The minimum atomic E-state index is -0.0212. The van der Waals surface area contributed by atoms with Crippen molar-refractivity contribution in [2.75, 3.05) is 18.4 Å². The van der Waals surface area contributed by atoms with Crippen molar-refractivity contribution in [2.24, 2.45) is 5.92 Å². The Morgan fingerprint density at radius 3 is 2.37 bits per heavy atom. The van der Waals surface area contributed by atoms with Gasteiger partial charge >= 0.3 is 6.03 Å². The normalized spacial score (nSPS) is 14.9. The van der Waals surface area contributed by atoms with Crippen LogP contribution < -0.4 is 5.32 Å². The minimum absolute atomic E-state index is 0.0212. The molecule has 138 valence electrons. The molecule has 0 spiro atoms. The van der Waals surface area contributed by atoms with Gasteiger partial charge in [0, 0.05) is 30.9 Å². The maximum Gasteiger partial charge on any atom is 0.321 e. The van der Waals surface area contributed by atoms with Gasteiger partial charge in [-0.05, 0) is 43.0 Å². The van der Waals surface area contributed by atoms with E-state index in [0.717, 1.165) is 49.6 Å². The number of carbonyl (C=O) groups is 1. The van der Waals surface area contributed by atoms with E-state index in [9.17, 15) is 4.79 Å². The van der Waals surface area contributed by atoms with Crippen LogP contribution in [0.4, 0.5) is 10.5 Å². The van der Waals surface area contributed by atoms with Crippen LogP contribution in [0, 0.1) is 5.92 Å². The van der Waals surface area contributed by atoms with Gasteiger partial charge in [-0.3, -0.25) is 4.57 Å². The van der Waals surface area contributed by atoms with Crippen LogP contribution in [-0.2, 0) is 6.42 Å². The first-order valence-corrected chi connectivity index (χ1v) is 9.35. The van der Waals surface area contributed by atoms with Crippen LogP contribution in [0.5, 0.6) is 0 Å². The molecule has 27 heavy (non-hydrogen) atoms. The van der Waals surface area contributed by atoms with E-state index in [4.69, 9.17) is 0 Å². The number of rotatable bonds is 4. The van der Waals surface area contributed by atoms with Crippen molar-refractivity contribution in [3.05, 3.63) is 72.8 Å². The number of carbonyl (C=O) groups excluding carboxylic acids is 1. The van der Waals surface area contributed by atoms with E-state index in [-0.39, 0.29) is 6.03 Å². The van der Waals surface area contributed by atoms with Crippen LogP contribution >= 0.6 is 0 Å². The lowest BCUT2D eigenvalue weighted by molar-refractivity contribution is 0.182. The summed E-state index contributed by atoms with van der Waals surface area (Å²) in [4.78, 5) is 14.3. The number of benzene rings is 2. The molecule has 1 aromatic heterocycles. The van der Waals surface area contributed by atoms with Crippen molar-refractivity contribution < 1.29 is 4.79 Å². The Hall–Kier alpha value is -3.15. The summed E-state index contributed by atoms with van der Waals surface area (Å²) in [7, 11) is 0. The summed E-state index contributed by atoms with van der Waals surface area (Å²) in [5, 5.41) is 11.4. The second-order valence-electron chi connectivity index (χ2n) is 6.88. The first-order chi connectivity index (χ1) is 13.3. The number of piperidine rings is 1. The number of likely N-dealkylation sites (tertiary alicyclic amines) is 1. The van der Waals surface area contributed by atoms with Crippen molar-refractivity contribution in [1.29, 1.82) is 0 Å². The van der Waals surface area contributed by atoms with Crippen molar-refractivity contribution >= 4 is 11.7 Å². The Balaban J connectivity index is 1.33. The largest absolute Gasteiger partial charge is 0.325 e. The lowest BCUT2D eigenvalue weighted by atomic mass is 9.93. The predicted molar refractivity (Wildman–Crippen MR) is 105 cm³/mol. The molecule has 1 N–H and O–H groups in total. The fourth-order valence-electron chi connectivity index (χ4n) is 3.52. The Morgan fingerprint density at radius 2 is 1.67 bits per heavy atom. The summed E-state index contributed by atoms with van der Waals surface area (Å²) < 4.78 is 2.05. The number of nitrogens with one attached hydrogen (secondary N) is 1. The van der Waals surface area contributed by atoms with Crippen LogP contribution in [0.1, 0.15) is 18.7 Å². The van der Waals surface area contributed by atoms with Gasteiger partial charge in [-0.1, -0.05) is 36.4 Å². The first kappa shape index (κ1) is 17.3. The fourth-order valence-corrected chi connectivity index (χ4v) is 3.52. The molecular formula is C21H23N5O. The highest BCUT2D eigenvalue weighted by Crippen LogP contribution is 2.22. The Morgan fingerprint density at radius 1 is 1.00 bits per heavy atom. The van der Waals surface area contributed by atoms with Crippen LogP contribution in [0.15, 0.2) is 67.0 Å². The van der Waals surface area contributed by atoms with Gasteiger partial charge in [0.1, 0.15) is 12.2 Å². The molecule has 2 amide bonds. The van der Waals surface area contributed by atoms with E-state index in [2.05, 4.69) is 32.2 Å². The van der Waals surface area contributed by atoms with Crippen molar-refractivity contribution in [1.82, 2.24) is 19.7 Å². The number of nitrogens with zero attached hydrogens (tertiary/aromatic N) is 4. The summed E-state index contributed by atoms with van der Waals surface area (Å²) in [6, 6.07) is 19.7. The topological polar surface area (TPSA) is 63.1 Å². The molecule has 0 saturated carbocycles. The molecule has 1 aliphatic rings. The molecule has 4 rings (SSSR count). The number of amides is 2. The molecule has 2 aromatic carbocycles. The summed E-state index contributed by atoms with van der Waals surface area (Å²) in [5.74, 6) is 1.49. The highest BCUT2D eigenvalue weighted by molar-refractivity contribution is 5.89. The zero-order valence-electron chi connectivity index (χ0n) is 15.2. The number of hydrogen-bond acceptors (Lipinski definition) is 3. The van der Waals surface area contributed by atoms with E-state index in [1.807, 2.05) is 53.4 Å². The van der Waals surface area contributed by atoms with Gasteiger partial charge in [0.2, 0.25) is 0 Å². The Bertz CT molecular complexity index is 870. The van der Waals surface area contributed by atoms with Crippen LogP contribution in [0.25, 0.3) is 5.69 Å². The Kier molecular flexibility index (Phi) is 5.14. The highest BCUT2D eigenvalue weighted by atomic mass is 16.2. The third-order valence-corrected chi connectivity index (χ3v) is 5.05. The maximum absolute atomic E-state index is 12.4. The maximum atomic E-state index is 12.4. The predicted octanol–water partition coefficient (Wildman–Crippen LogP) is 3.75. The van der Waals surface area contributed by atoms with Crippen molar-refractivity contribution in [3.63, 3.8) is 0 Å². The molecule has 3 aromatic rings. The van der Waals surface area contributed by atoms with Crippen molar-refractivity contribution in [2.45, 2.75) is 19.3 Å². The molecule has 2 heterocycles. The SMILES string of the molecule is O=C(Nc1ccccc1)N1CCC(Cc2nncn2-c2ccccc2)CC1. The van der Waals surface area contributed by atoms with Crippen LogP contribution in [-0.4, -0.2) is 38.8 Å². The summed E-state index contributed by atoms with van der Waals surface area (Å²) in [6.45, 7) is 1.53. The van der Waals surface area contributed by atoms with Gasteiger partial charge in [0.15, 0.2) is 0 Å². The number of para-hydroxylation sites is 2. The van der Waals surface area contributed by atoms with Crippen molar-refractivity contribution in [3.8, 4) is 5.69 Å². The Labute approximate surface area is 158 Å². The zero-order valence-corrected chi connectivity index (χ0v) is 15.2. The average Bonchev–Trinajstić information content (AvgIpc) is 3.18. The molecule has 1 fully saturated rings. The van der Waals surface area contributed by atoms with E-state index >= 15 is 0 Å². The average molecular weight is 361 g/mol. The number of aromatic nitrogens is 3. The van der Waals surface area contributed by atoms with E-state index in [0.29, 0.717) is 5.92 Å². The smallest absolute Gasteiger partial charge is 0.321 e. The number of anilines is 1. The second kappa shape index (κ2) is 8.03. The highest BCUT2D eigenvalue weighted by Gasteiger charge is 2.24. The molecule has 0 bridgehead atoms. The van der Waals surface area contributed by atoms with Gasteiger partial charge in [-0.25, -0.2) is 4.79 Å². The summed E-state index contributed by atoms with van der Waals surface area (Å²) >= 11 is 0. The molecule has 1 aliphatic heterocycles. The van der Waals surface area contributed by atoms with Gasteiger partial charge in [0.25, 0.3) is 0 Å². The third-order valence-electron chi connectivity index (χ3n) is 5.05. The van der Waals surface area contributed by atoms with Gasteiger partial charge < -0.3 is 10.2 Å². The molecule has 1 saturated heterocycles. The monoisotopic (exact) mass is 361 g/mol. The zero-order chi connectivity index (χ0) is 18.5. The molecule has 6 nitrogen and oxygen atoms in total. The molecule has 0 radical (unpaired) electrons.